The SMILES string of the molecule is O=S(=O)(c1ccc(CN(Cc2ncc[nH]2)Cc2ncc[nH]2)cc1)N1CCc2cccnc2C1. The van der Waals surface area contributed by atoms with Gasteiger partial charge in [-0.05, 0) is 35.7 Å². The van der Waals surface area contributed by atoms with E-state index < -0.39 is 10.0 Å². The predicted molar refractivity (Wildman–Crippen MR) is 122 cm³/mol. The number of imidazole rings is 2. The Kier molecular flexibility index (Phi) is 6.03. The van der Waals surface area contributed by atoms with E-state index in [0.29, 0.717) is 44.0 Å². The second-order valence-corrected chi connectivity index (χ2v) is 10.00. The van der Waals surface area contributed by atoms with Gasteiger partial charge in [0.2, 0.25) is 10.0 Å². The summed E-state index contributed by atoms with van der Waals surface area (Å²) >= 11 is 0. The molecule has 0 bridgehead atoms. The molecule has 33 heavy (non-hydrogen) atoms. The van der Waals surface area contributed by atoms with Crippen LogP contribution in [0.2, 0.25) is 0 Å². The van der Waals surface area contributed by atoms with Crippen molar-refractivity contribution in [1.82, 2.24) is 34.1 Å². The van der Waals surface area contributed by atoms with Crippen LogP contribution in [-0.2, 0) is 42.6 Å². The minimum atomic E-state index is -3.58. The fraction of sp³-hybridized carbons (Fsp3) is 0.261. The van der Waals surface area contributed by atoms with Crippen molar-refractivity contribution in [3.63, 3.8) is 0 Å². The third-order valence-electron chi connectivity index (χ3n) is 5.76. The second-order valence-electron chi connectivity index (χ2n) is 8.06. The van der Waals surface area contributed by atoms with Crippen molar-refractivity contribution in [1.29, 1.82) is 0 Å². The summed E-state index contributed by atoms with van der Waals surface area (Å²) in [7, 11) is -3.58. The summed E-state index contributed by atoms with van der Waals surface area (Å²) in [5.41, 5.74) is 2.96. The molecule has 1 aliphatic rings. The van der Waals surface area contributed by atoms with Crippen molar-refractivity contribution >= 4 is 10.0 Å². The fourth-order valence-corrected chi connectivity index (χ4v) is 5.47. The molecule has 0 saturated carbocycles. The van der Waals surface area contributed by atoms with Crippen LogP contribution in [0.1, 0.15) is 28.5 Å². The number of fused-ring (bicyclic) bond motifs is 1. The highest BCUT2D eigenvalue weighted by atomic mass is 32.2. The van der Waals surface area contributed by atoms with Gasteiger partial charge in [0.05, 0.1) is 30.2 Å². The van der Waals surface area contributed by atoms with E-state index in [1.54, 1.807) is 43.1 Å². The van der Waals surface area contributed by atoms with Gasteiger partial charge in [-0.1, -0.05) is 18.2 Å². The Bertz CT molecular complexity index is 1250. The molecule has 0 radical (unpaired) electrons. The van der Waals surface area contributed by atoms with E-state index in [2.05, 4.69) is 29.8 Å². The average Bonchev–Trinajstić information content (AvgIpc) is 3.54. The van der Waals surface area contributed by atoms with Crippen molar-refractivity contribution < 1.29 is 8.42 Å². The third kappa shape index (κ3) is 4.87. The maximum absolute atomic E-state index is 13.2. The van der Waals surface area contributed by atoms with Gasteiger partial charge < -0.3 is 9.97 Å². The Morgan fingerprint density at radius 2 is 1.58 bits per heavy atom. The van der Waals surface area contributed by atoms with Gasteiger partial charge in [0, 0.05) is 44.1 Å². The lowest BCUT2D eigenvalue weighted by molar-refractivity contribution is 0.236. The van der Waals surface area contributed by atoms with Crippen LogP contribution in [0.5, 0.6) is 0 Å². The quantitative estimate of drug-likeness (QED) is 0.415. The van der Waals surface area contributed by atoms with E-state index in [9.17, 15) is 8.42 Å². The van der Waals surface area contributed by atoms with E-state index in [-0.39, 0.29) is 0 Å². The van der Waals surface area contributed by atoms with Crippen molar-refractivity contribution in [2.75, 3.05) is 6.54 Å². The number of rotatable bonds is 8. The van der Waals surface area contributed by atoms with Crippen LogP contribution in [0.15, 0.2) is 72.3 Å². The van der Waals surface area contributed by atoms with Gasteiger partial charge in [-0.15, -0.1) is 0 Å². The topological polar surface area (TPSA) is 111 Å². The van der Waals surface area contributed by atoms with Crippen LogP contribution in [-0.4, -0.2) is 49.1 Å². The van der Waals surface area contributed by atoms with E-state index in [1.165, 1.54) is 4.31 Å². The first-order valence-corrected chi connectivity index (χ1v) is 12.2. The van der Waals surface area contributed by atoms with Crippen molar-refractivity contribution in [2.45, 2.75) is 37.5 Å². The van der Waals surface area contributed by atoms with E-state index >= 15 is 0 Å². The zero-order valence-electron chi connectivity index (χ0n) is 18.1. The summed E-state index contributed by atoms with van der Waals surface area (Å²) in [6, 6.07) is 11.0. The molecule has 0 spiro atoms. The van der Waals surface area contributed by atoms with Gasteiger partial charge in [0.1, 0.15) is 11.6 Å². The van der Waals surface area contributed by atoms with Gasteiger partial charge in [0.15, 0.2) is 0 Å². The fourth-order valence-electron chi connectivity index (χ4n) is 4.07. The monoisotopic (exact) mass is 463 g/mol. The van der Waals surface area contributed by atoms with Gasteiger partial charge in [-0.25, -0.2) is 18.4 Å². The first-order chi connectivity index (χ1) is 16.1. The molecule has 170 valence electrons. The molecule has 0 atom stereocenters. The Labute approximate surface area is 192 Å². The van der Waals surface area contributed by atoms with Crippen molar-refractivity contribution in [3.8, 4) is 0 Å². The van der Waals surface area contributed by atoms with E-state index in [4.69, 9.17) is 0 Å². The Balaban J connectivity index is 1.30. The van der Waals surface area contributed by atoms with Crippen LogP contribution in [0, 0.1) is 0 Å². The molecule has 4 aromatic rings. The molecule has 4 heterocycles. The Morgan fingerprint density at radius 3 is 2.21 bits per heavy atom. The molecule has 1 aromatic carbocycles. The summed E-state index contributed by atoms with van der Waals surface area (Å²) in [4.78, 5) is 21.8. The lowest BCUT2D eigenvalue weighted by Gasteiger charge is -2.27. The molecule has 1 aliphatic heterocycles. The largest absolute Gasteiger partial charge is 0.348 e. The molecular weight excluding hydrogens is 438 g/mol. The Hall–Kier alpha value is -3.34. The minimum Gasteiger partial charge on any atom is -0.348 e. The molecule has 0 unspecified atom stereocenters. The molecule has 9 nitrogen and oxygen atoms in total. The first-order valence-electron chi connectivity index (χ1n) is 10.8. The molecule has 0 amide bonds. The standard InChI is InChI=1S/C23H25N7O2S/c31-33(32,30-13-7-19-2-1-8-24-21(19)15-30)20-5-3-18(4-6-20)14-29(16-22-25-9-10-26-22)17-23-27-11-12-28-23/h1-6,8-12H,7,13-17H2,(H,25,26)(H,27,28). The minimum absolute atomic E-state index is 0.300. The van der Waals surface area contributed by atoms with E-state index in [1.807, 2.05) is 24.3 Å². The van der Waals surface area contributed by atoms with E-state index in [0.717, 1.165) is 28.5 Å². The Morgan fingerprint density at radius 1 is 0.879 bits per heavy atom. The summed E-state index contributed by atoms with van der Waals surface area (Å²) in [6.45, 7) is 2.63. The van der Waals surface area contributed by atoms with Crippen LogP contribution in [0.4, 0.5) is 0 Å². The normalized spacial score (nSPS) is 14.5. The lowest BCUT2D eigenvalue weighted by atomic mass is 10.1. The second kappa shape index (κ2) is 9.26. The number of nitrogens with one attached hydrogen (secondary N) is 2. The first kappa shape index (κ1) is 21.5. The molecule has 0 fully saturated rings. The van der Waals surface area contributed by atoms with Gasteiger partial charge in [-0.3, -0.25) is 9.88 Å². The highest BCUT2D eigenvalue weighted by Crippen LogP contribution is 2.24. The molecule has 10 heteroatoms. The number of aromatic amines is 2. The number of hydrogen-bond acceptors (Lipinski definition) is 6. The van der Waals surface area contributed by atoms with Crippen LogP contribution < -0.4 is 0 Å². The number of benzene rings is 1. The summed E-state index contributed by atoms with van der Waals surface area (Å²) < 4.78 is 27.9. The van der Waals surface area contributed by atoms with Crippen molar-refractivity contribution in [2.24, 2.45) is 0 Å². The smallest absolute Gasteiger partial charge is 0.243 e. The predicted octanol–water partition coefficient (Wildman–Crippen LogP) is 2.48. The van der Waals surface area contributed by atoms with Gasteiger partial charge >= 0.3 is 0 Å². The zero-order valence-corrected chi connectivity index (χ0v) is 18.9. The van der Waals surface area contributed by atoms with Gasteiger partial charge in [0.25, 0.3) is 0 Å². The highest BCUT2D eigenvalue weighted by Gasteiger charge is 2.28. The third-order valence-corrected chi connectivity index (χ3v) is 7.62. The average molecular weight is 464 g/mol. The maximum Gasteiger partial charge on any atom is 0.243 e. The van der Waals surface area contributed by atoms with Gasteiger partial charge in [-0.2, -0.15) is 4.31 Å². The summed E-state index contributed by atoms with van der Waals surface area (Å²) in [5, 5.41) is 0. The molecule has 3 aromatic heterocycles. The maximum atomic E-state index is 13.2. The highest BCUT2D eigenvalue weighted by molar-refractivity contribution is 7.89. The molecule has 5 rings (SSSR count). The molecule has 2 N–H and O–H groups in total. The molecule has 0 saturated heterocycles. The molecule has 0 aliphatic carbocycles. The van der Waals surface area contributed by atoms with Crippen LogP contribution in [0.25, 0.3) is 0 Å². The molecular formula is C23H25N7O2S. The number of aromatic nitrogens is 5. The number of H-pyrrole nitrogens is 2. The zero-order chi connectivity index (χ0) is 22.7. The summed E-state index contributed by atoms with van der Waals surface area (Å²) in [5.74, 6) is 1.72. The number of sulfonamides is 1. The van der Waals surface area contributed by atoms with Crippen LogP contribution in [0.3, 0.4) is 0 Å². The summed E-state index contributed by atoms with van der Waals surface area (Å²) in [6.07, 6.45) is 9.45. The van der Waals surface area contributed by atoms with Crippen LogP contribution >= 0.6 is 0 Å². The van der Waals surface area contributed by atoms with Crippen molar-refractivity contribution in [3.05, 3.63) is 95.9 Å². The lowest BCUT2D eigenvalue weighted by Crippen LogP contribution is -2.36. The number of pyridine rings is 1. The number of hydrogen-bond donors (Lipinski definition) is 2. The number of nitrogens with zero attached hydrogens (tertiary/aromatic N) is 5.